The van der Waals surface area contributed by atoms with E-state index in [2.05, 4.69) is 5.32 Å². The maximum absolute atomic E-state index is 12.6. The average molecular weight is 368 g/mol. The Morgan fingerprint density at radius 2 is 1.63 bits per heavy atom. The molecule has 1 unspecified atom stereocenters. The van der Waals surface area contributed by atoms with Crippen molar-refractivity contribution in [1.82, 2.24) is 5.32 Å². The number of amides is 2. The second-order valence-corrected chi connectivity index (χ2v) is 6.41. The second-order valence-electron chi connectivity index (χ2n) is 6.41. The van der Waals surface area contributed by atoms with Gasteiger partial charge in [0.25, 0.3) is 0 Å². The van der Waals surface area contributed by atoms with Crippen LogP contribution in [-0.4, -0.2) is 38.6 Å². The van der Waals surface area contributed by atoms with Gasteiger partial charge < -0.3 is 14.8 Å². The molecule has 1 saturated heterocycles. The predicted octanol–water partition coefficient (Wildman–Crippen LogP) is 2.56. The number of carbonyl (C=O) groups excluding carboxylic acids is 2. The smallest absolute Gasteiger partial charge is 0.243 e. The van der Waals surface area contributed by atoms with E-state index in [9.17, 15) is 9.59 Å². The molecule has 142 valence electrons. The van der Waals surface area contributed by atoms with Gasteiger partial charge in [0, 0.05) is 18.7 Å². The van der Waals surface area contributed by atoms with E-state index >= 15 is 0 Å². The fourth-order valence-electron chi connectivity index (χ4n) is 3.24. The minimum absolute atomic E-state index is 0.0320. The van der Waals surface area contributed by atoms with E-state index in [0.29, 0.717) is 30.8 Å². The van der Waals surface area contributed by atoms with Crippen LogP contribution < -0.4 is 19.7 Å². The van der Waals surface area contributed by atoms with Crippen molar-refractivity contribution in [2.24, 2.45) is 0 Å². The molecule has 1 N–H and O–H groups in total. The molecule has 1 aliphatic rings. The molecule has 0 aliphatic carbocycles. The summed E-state index contributed by atoms with van der Waals surface area (Å²) in [6.45, 7) is 0.520. The summed E-state index contributed by atoms with van der Waals surface area (Å²) in [5, 5.41) is 2.96. The third-order valence-corrected chi connectivity index (χ3v) is 4.74. The number of benzene rings is 2. The number of anilines is 1. The Labute approximate surface area is 159 Å². The van der Waals surface area contributed by atoms with Crippen molar-refractivity contribution in [2.75, 3.05) is 25.7 Å². The fraction of sp³-hybridized carbons (Fsp3) is 0.333. The molecule has 0 bridgehead atoms. The number of rotatable bonds is 7. The van der Waals surface area contributed by atoms with Crippen molar-refractivity contribution >= 4 is 17.5 Å². The summed E-state index contributed by atoms with van der Waals surface area (Å²) in [5.74, 6) is 1.37. The Morgan fingerprint density at radius 3 is 2.22 bits per heavy atom. The van der Waals surface area contributed by atoms with Gasteiger partial charge in [-0.3, -0.25) is 14.5 Å². The number of nitrogens with one attached hydrogen (secondary N) is 1. The molecule has 0 saturated carbocycles. The summed E-state index contributed by atoms with van der Waals surface area (Å²) in [7, 11) is 3.22. The molecule has 1 aliphatic heterocycles. The molecule has 1 atom stereocenters. The lowest BCUT2D eigenvalue weighted by Crippen LogP contribution is -2.45. The molecule has 0 spiro atoms. The molecule has 1 fully saturated rings. The zero-order chi connectivity index (χ0) is 19.2. The van der Waals surface area contributed by atoms with E-state index in [-0.39, 0.29) is 11.8 Å². The maximum Gasteiger partial charge on any atom is 0.243 e. The van der Waals surface area contributed by atoms with Gasteiger partial charge in [-0.05, 0) is 54.8 Å². The van der Waals surface area contributed by atoms with Crippen LogP contribution in [0.15, 0.2) is 48.5 Å². The van der Waals surface area contributed by atoms with Crippen LogP contribution >= 0.6 is 0 Å². The van der Waals surface area contributed by atoms with Crippen LogP contribution in [0.1, 0.15) is 18.4 Å². The summed E-state index contributed by atoms with van der Waals surface area (Å²) < 4.78 is 10.3. The van der Waals surface area contributed by atoms with Crippen molar-refractivity contribution < 1.29 is 19.1 Å². The lowest BCUT2D eigenvalue weighted by Gasteiger charge is -2.24. The molecule has 2 aromatic rings. The quantitative estimate of drug-likeness (QED) is 0.816. The van der Waals surface area contributed by atoms with Crippen LogP contribution in [0.2, 0.25) is 0 Å². The lowest BCUT2D eigenvalue weighted by molar-refractivity contribution is -0.123. The summed E-state index contributed by atoms with van der Waals surface area (Å²) in [4.78, 5) is 26.5. The first kappa shape index (κ1) is 18.8. The highest BCUT2D eigenvalue weighted by Crippen LogP contribution is 2.28. The summed E-state index contributed by atoms with van der Waals surface area (Å²) in [6, 6.07) is 14.5. The highest BCUT2D eigenvalue weighted by molar-refractivity contribution is 6.03. The summed E-state index contributed by atoms with van der Waals surface area (Å²) >= 11 is 0. The molecule has 2 aromatic carbocycles. The van der Waals surface area contributed by atoms with Crippen LogP contribution in [0.25, 0.3) is 0 Å². The summed E-state index contributed by atoms with van der Waals surface area (Å²) in [5.41, 5.74) is 1.83. The Morgan fingerprint density at radius 1 is 1.04 bits per heavy atom. The fourth-order valence-corrected chi connectivity index (χ4v) is 3.24. The van der Waals surface area contributed by atoms with Gasteiger partial charge in [-0.1, -0.05) is 12.1 Å². The number of carbonyl (C=O) groups is 2. The van der Waals surface area contributed by atoms with Crippen molar-refractivity contribution in [1.29, 1.82) is 0 Å². The van der Waals surface area contributed by atoms with Crippen molar-refractivity contribution in [2.45, 2.75) is 25.3 Å². The van der Waals surface area contributed by atoms with E-state index in [4.69, 9.17) is 9.47 Å². The van der Waals surface area contributed by atoms with Gasteiger partial charge in [-0.15, -0.1) is 0 Å². The molecule has 2 amide bonds. The van der Waals surface area contributed by atoms with Crippen LogP contribution in [0.3, 0.4) is 0 Å². The molecular weight excluding hydrogens is 344 g/mol. The van der Waals surface area contributed by atoms with Crippen LogP contribution in [0, 0.1) is 0 Å². The predicted molar refractivity (Wildman–Crippen MR) is 103 cm³/mol. The van der Waals surface area contributed by atoms with Crippen LogP contribution in [0.4, 0.5) is 5.69 Å². The number of hydrogen-bond acceptors (Lipinski definition) is 4. The van der Waals surface area contributed by atoms with Crippen molar-refractivity contribution in [3.05, 3.63) is 54.1 Å². The van der Waals surface area contributed by atoms with Gasteiger partial charge in [0.15, 0.2) is 0 Å². The standard InChI is InChI=1S/C21H24N2O4/c1-26-17-7-3-15(4-8-17)13-14-22-21(25)19-11-12-20(24)23(19)16-5-9-18(27-2)10-6-16/h3-10,19H,11-14H2,1-2H3,(H,22,25). The molecule has 1 heterocycles. The van der Waals surface area contributed by atoms with Gasteiger partial charge in [0.2, 0.25) is 11.8 Å². The van der Waals surface area contributed by atoms with Crippen LogP contribution in [0.5, 0.6) is 11.5 Å². The molecule has 0 aromatic heterocycles. The first-order chi connectivity index (χ1) is 13.1. The normalized spacial score (nSPS) is 16.3. The molecule has 3 rings (SSSR count). The van der Waals surface area contributed by atoms with Crippen molar-refractivity contribution in [3.63, 3.8) is 0 Å². The highest BCUT2D eigenvalue weighted by atomic mass is 16.5. The van der Waals surface area contributed by atoms with E-state index in [1.54, 1.807) is 43.4 Å². The Kier molecular flexibility index (Phi) is 5.96. The molecule has 6 heteroatoms. The SMILES string of the molecule is COc1ccc(CCNC(=O)C2CCC(=O)N2c2ccc(OC)cc2)cc1. The van der Waals surface area contributed by atoms with Gasteiger partial charge in [0.05, 0.1) is 14.2 Å². The first-order valence-electron chi connectivity index (χ1n) is 8.99. The zero-order valence-electron chi connectivity index (χ0n) is 15.6. The zero-order valence-corrected chi connectivity index (χ0v) is 15.6. The molecule has 6 nitrogen and oxygen atoms in total. The van der Waals surface area contributed by atoms with Gasteiger partial charge in [0.1, 0.15) is 17.5 Å². The average Bonchev–Trinajstić information content (AvgIpc) is 3.10. The van der Waals surface area contributed by atoms with Gasteiger partial charge in [-0.2, -0.15) is 0 Å². The third kappa shape index (κ3) is 4.39. The molecule has 27 heavy (non-hydrogen) atoms. The largest absolute Gasteiger partial charge is 0.497 e. The van der Waals surface area contributed by atoms with E-state index in [0.717, 1.165) is 17.7 Å². The van der Waals surface area contributed by atoms with Gasteiger partial charge >= 0.3 is 0 Å². The summed E-state index contributed by atoms with van der Waals surface area (Å²) in [6.07, 6.45) is 1.63. The van der Waals surface area contributed by atoms with Crippen LogP contribution in [-0.2, 0) is 16.0 Å². The van der Waals surface area contributed by atoms with Crippen molar-refractivity contribution in [3.8, 4) is 11.5 Å². The van der Waals surface area contributed by atoms with E-state index in [1.807, 2.05) is 24.3 Å². The Bertz CT molecular complexity index is 787. The monoisotopic (exact) mass is 368 g/mol. The minimum Gasteiger partial charge on any atom is -0.497 e. The Balaban J connectivity index is 1.59. The second kappa shape index (κ2) is 8.58. The highest BCUT2D eigenvalue weighted by Gasteiger charge is 2.36. The van der Waals surface area contributed by atoms with E-state index < -0.39 is 6.04 Å². The first-order valence-corrected chi connectivity index (χ1v) is 8.99. The number of ether oxygens (including phenoxy) is 2. The third-order valence-electron chi connectivity index (χ3n) is 4.74. The minimum atomic E-state index is -0.471. The maximum atomic E-state index is 12.6. The number of hydrogen-bond donors (Lipinski definition) is 1. The molecule has 0 radical (unpaired) electrons. The molecular formula is C21H24N2O4. The van der Waals surface area contributed by atoms with E-state index in [1.165, 1.54) is 0 Å². The topological polar surface area (TPSA) is 67.9 Å². The number of nitrogens with zero attached hydrogens (tertiary/aromatic N) is 1. The lowest BCUT2D eigenvalue weighted by atomic mass is 10.1. The number of methoxy groups -OCH3 is 2. The Hall–Kier alpha value is -3.02. The van der Waals surface area contributed by atoms with Gasteiger partial charge in [-0.25, -0.2) is 0 Å².